The van der Waals surface area contributed by atoms with E-state index in [2.05, 4.69) is 148 Å². The summed E-state index contributed by atoms with van der Waals surface area (Å²) in [5.74, 6) is 0.625. The fourth-order valence-electron chi connectivity index (χ4n) is 9.01. The zero-order valence-corrected chi connectivity index (χ0v) is 31.2. The molecule has 0 amide bonds. The van der Waals surface area contributed by atoms with Gasteiger partial charge in [-0.2, -0.15) is 0 Å². The van der Waals surface area contributed by atoms with Crippen molar-refractivity contribution in [2.45, 2.75) is 38.5 Å². The first-order chi connectivity index (χ1) is 26.8. The van der Waals surface area contributed by atoms with Gasteiger partial charge in [0.15, 0.2) is 5.58 Å². The van der Waals surface area contributed by atoms with Gasteiger partial charge in [-0.25, -0.2) is 4.98 Å². The predicted octanol–water partition coefficient (Wildman–Crippen LogP) is 14.4. The molecule has 8 aromatic carbocycles. The maximum absolute atomic E-state index is 6.62. The Bertz CT molecular complexity index is 3170. The summed E-state index contributed by atoms with van der Waals surface area (Å²) < 4.78 is 12.9. The van der Waals surface area contributed by atoms with Gasteiger partial charge in [-0.05, 0) is 116 Å². The first-order valence-electron chi connectivity index (χ1n) is 19.0. The minimum Gasteiger partial charge on any atom is -0.456 e. The highest BCUT2D eigenvalue weighted by Gasteiger charge is 2.46. The number of anilines is 3. The Morgan fingerprint density at radius 3 is 1.96 bits per heavy atom. The third kappa shape index (κ3) is 4.61. The van der Waals surface area contributed by atoms with E-state index in [1.807, 2.05) is 42.5 Å². The largest absolute Gasteiger partial charge is 0.456 e. The van der Waals surface area contributed by atoms with Crippen molar-refractivity contribution in [2.75, 3.05) is 4.90 Å². The number of rotatable bonds is 4. The zero-order valence-electron chi connectivity index (χ0n) is 31.2. The van der Waals surface area contributed by atoms with Gasteiger partial charge in [-0.1, -0.05) is 119 Å². The molecule has 0 saturated heterocycles. The van der Waals surface area contributed by atoms with Crippen LogP contribution in [0.15, 0.2) is 167 Å². The summed E-state index contributed by atoms with van der Waals surface area (Å²) in [4.78, 5) is 7.34. The van der Waals surface area contributed by atoms with Crippen LogP contribution >= 0.6 is 0 Å². The van der Waals surface area contributed by atoms with Crippen LogP contribution in [0.4, 0.5) is 17.1 Å². The molecule has 0 aliphatic heterocycles. The van der Waals surface area contributed by atoms with E-state index in [1.165, 1.54) is 22.3 Å². The molecule has 1 aliphatic carbocycles. The van der Waals surface area contributed by atoms with Crippen molar-refractivity contribution in [3.05, 3.63) is 169 Å². The molecule has 0 saturated carbocycles. The molecule has 0 spiro atoms. The summed E-state index contributed by atoms with van der Waals surface area (Å²) in [6, 6.07) is 56.4. The van der Waals surface area contributed by atoms with Crippen molar-refractivity contribution < 1.29 is 8.83 Å². The molecule has 0 atom stereocenters. The molecule has 0 radical (unpaired) electrons. The molecular weight excluding hydrogens is 673 g/mol. The van der Waals surface area contributed by atoms with Crippen LogP contribution in [-0.2, 0) is 10.8 Å². The summed E-state index contributed by atoms with van der Waals surface area (Å²) in [7, 11) is 0. The summed E-state index contributed by atoms with van der Waals surface area (Å²) >= 11 is 0. The van der Waals surface area contributed by atoms with E-state index >= 15 is 0 Å². The number of furan rings is 1. The molecule has 55 heavy (non-hydrogen) atoms. The number of nitrogens with zero attached hydrogens (tertiary/aromatic N) is 2. The molecule has 1 aliphatic rings. The third-order valence-electron chi connectivity index (χ3n) is 12.6. The monoisotopic (exact) mass is 710 g/mol. The first kappa shape index (κ1) is 31.8. The molecule has 0 unspecified atom stereocenters. The highest BCUT2D eigenvalue weighted by molar-refractivity contribution is 6.19. The Kier molecular flexibility index (Phi) is 6.61. The van der Waals surface area contributed by atoms with Crippen LogP contribution in [-0.4, -0.2) is 4.98 Å². The molecule has 264 valence electrons. The minimum atomic E-state index is -0.142. The molecule has 11 rings (SSSR count). The lowest BCUT2D eigenvalue weighted by atomic mass is 9.55. The van der Waals surface area contributed by atoms with Crippen molar-refractivity contribution in [2.24, 2.45) is 0 Å². The molecule has 10 aromatic rings. The van der Waals surface area contributed by atoms with E-state index in [-0.39, 0.29) is 10.8 Å². The van der Waals surface area contributed by atoms with Crippen molar-refractivity contribution in [3.63, 3.8) is 0 Å². The SMILES string of the molecule is CC1(C)c2ccccc2-c2ccc(N(c3ccc4oc5ccccc5c4c3)c3ccc4ccc5ccc6nc(-c7ccccc7)oc6c5c4c3)cc2C1(C)C. The fraction of sp³-hybridized carbons (Fsp3) is 0.118. The number of aromatic nitrogens is 1. The standard InChI is InChI=1S/C51H38N2O2/c1-50(2)42-16-10-8-14-37(42)38-25-23-36(30-43(38)51(50,3)4)53(35-24-27-46-41(29-35)39-15-9-11-17-45(39)54-46)34-22-20-31-18-19-32-21-26-44-48(47(32)40(31)28-34)55-49(52-44)33-12-6-5-7-13-33/h5-30H,1-4H3. The van der Waals surface area contributed by atoms with E-state index in [1.54, 1.807) is 0 Å². The van der Waals surface area contributed by atoms with Crippen LogP contribution < -0.4 is 4.90 Å². The number of benzene rings is 8. The van der Waals surface area contributed by atoms with Gasteiger partial charge in [0.2, 0.25) is 5.89 Å². The summed E-state index contributed by atoms with van der Waals surface area (Å²) in [5.41, 5.74) is 12.7. The third-order valence-corrected chi connectivity index (χ3v) is 12.6. The molecule has 2 aromatic heterocycles. The number of oxazole rings is 1. The molecule has 0 bridgehead atoms. The van der Waals surface area contributed by atoms with E-state index in [9.17, 15) is 0 Å². The Morgan fingerprint density at radius 2 is 1.09 bits per heavy atom. The van der Waals surface area contributed by atoms with Crippen molar-refractivity contribution >= 4 is 71.6 Å². The second-order valence-electron chi connectivity index (χ2n) is 16.0. The van der Waals surface area contributed by atoms with Gasteiger partial charge in [0, 0.05) is 38.8 Å². The van der Waals surface area contributed by atoms with E-state index < -0.39 is 0 Å². The lowest BCUT2D eigenvalue weighted by Crippen LogP contribution is -2.43. The number of hydrogen-bond acceptors (Lipinski definition) is 4. The van der Waals surface area contributed by atoms with Gasteiger partial charge < -0.3 is 13.7 Å². The fourth-order valence-corrected chi connectivity index (χ4v) is 9.01. The summed E-state index contributed by atoms with van der Waals surface area (Å²) in [6.07, 6.45) is 0. The average molecular weight is 711 g/mol. The lowest BCUT2D eigenvalue weighted by Gasteiger charge is -2.48. The Hall–Kier alpha value is -6.65. The van der Waals surface area contributed by atoms with Crippen molar-refractivity contribution in [3.8, 4) is 22.6 Å². The van der Waals surface area contributed by atoms with Crippen LogP contribution in [0.3, 0.4) is 0 Å². The molecule has 2 heterocycles. The molecule has 0 fully saturated rings. The lowest BCUT2D eigenvalue weighted by molar-refractivity contribution is 0.299. The van der Waals surface area contributed by atoms with Crippen LogP contribution in [0.5, 0.6) is 0 Å². The van der Waals surface area contributed by atoms with Gasteiger partial charge in [0.25, 0.3) is 0 Å². The number of fused-ring (bicyclic) bond motifs is 11. The predicted molar refractivity (Wildman–Crippen MR) is 228 cm³/mol. The van der Waals surface area contributed by atoms with E-state index in [0.717, 1.165) is 77.2 Å². The van der Waals surface area contributed by atoms with Crippen molar-refractivity contribution in [1.82, 2.24) is 4.98 Å². The second kappa shape index (κ2) is 11.4. The van der Waals surface area contributed by atoms with Gasteiger partial charge in [0.1, 0.15) is 16.7 Å². The van der Waals surface area contributed by atoms with Gasteiger partial charge in [-0.3, -0.25) is 0 Å². The second-order valence-corrected chi connectivity index (χ2v) is 16.0. The van der Waals surface area contributed by atoms with Crippen LogP contribution in [0.25, 0.3) is 77.2 Å². The maximum atomic E-state index is 6.62. The Labute approximate surface area is 319 Å². The normalized spacial score (nSPS) is 14.5. The molecule has 0 N–H and O–H groups in total. The average Bonchev–Trinajstić information content (AvgIpc) is 3.83. The summed E-state index contributed by atoms with van der Waals surface area (Å²) in [6.45, 7) is 9.57. The number of hydrogen-bond donors (Lipinski definition) is 0. The molecule has 4 heteroatoms. The minimum absolute atomic E-state index is 0.0857. The van der Waals surface area contributed by atoms with Crippen LogP contribution in [0.1, 0.15) is 38.8 Å². The quantitative estimate of drug-likeness (QED) is 0.171. The Morgan fingerprint density at radius 1 is 0.473 bits per heavy atom. The van der Waals surface area contributed by atoms with Gasteiger partial charge in [-0.15, -0.1) is 0 Å². The molecule has 4 nitrogen and oxygen atoms in total. The first-order valence-corrected chi connectivity index (χ1v) is 19.0. The molecular formula is C51H38N2O2. The topological polar surface area (TPSA) is 42.4 Å². The number of para-hydroxylation sites is 1. The van der Waals surface area contributed by atoms with Gasteiger partial charge in [0.05, 0.1) is 0 Å². The van der Waals surface area contributed by atoms with Gasteiger partial charge >= 0.3 is 0 Å². The van der Waals surface area contributed by atoms with Crippen molar-refractivity contribution in [1.29, 1.82) is 0 Å². The smallest absolute Gasteiger partial charge is 0.227 e. The van der Waals surface area contributed by atoms with E-state index in [4.69, 9.17) is 13.8 Å². The maximum Gasteiger partial charge on any atom is 0.227 e. The van der Waals surface area contributed by atoms with Crippen LogP contribution in [0.2, 0.25) is 0 Å². The Balaban J connectivity index is 1.17. The van der Waals surface area contributed by atoms with Crippen LogP contribution in [0, 0.1) is 0 Å². The highest BCUT2D eigenvalue weighted by Crippen LogP contribution is 2.55. The van der Waals surface area contributed by atoms with E-state index in [0.29, 0.717) is 5.89 Å². The highest BCUT2D eigenvalue weighted by atomic mass is 16.3. The zero-order chi connectivity index (χ0) is 37.1. The summed E-state index contributed by atoms with van der Waals surface area (Å²) in [5, 5.41) is 6.63.